The molecule has 0 saturated heterocycles. The Bertz CT molecular complexity index is 525. The molecule has 130 valence electrons. The first-order chi connectivity index (χ1) is 10.3. The first-order valence-electron chi connectivity index (χ1n) is 6.82. The van der Waals surface area contributed by atoms with Gasteiger partial charge in [-0.1, -0.05) is 0 Å². The minimum atomic E-state index is -1.26. The van der Waals surface area contributed by atoms with Crippen LogP contribution in [0.1, 0.15) is 27.7 Å². The zero-order valence-electron chi connectivity index (χ0n) is 13.7. The van der Waals surface area contributed by atoms with Crippen LogP contribution in [-0.2, 0) is 23.9 Å². The van der Waals surface area contributed by atoms with Gasteiger partial charge in [-0.2, -0.15) is 0 Å². The highest BCUT2D eigenvalue weighted by atomic mass is 16.6. The van der Waals surface area contributed by atoms with E-state index in [0.717, 1.165) is 12.2 Å². The highest BCUT2D eigenvalue weighted by Crippen LogP contribution is 2.19. The van der Waals surface area contributed by atoms with Gasteiger partial charge in [-0.25, -0.2) is 4.79 Å². The zero-order chi connectivity index (χ0) is 18.4. The summed E-state index contributed by atoms with van der Waals surface area (Å²) in [6, 6.07) is 0. The van der Waals surface area contributed by atoms with E-state index in [1.807, 2.05) is 0 Å². The van der Waals surface area contributed by atoms with Crippen molar-refractivity contribution in [1.29, 1.82) is 0 Å². The second kappa shape index (κ2) is 7.73. The third-order valence-electron chi connectivity index (χ3n) is 3.33. The SMILES string of the molecule is CC(C)(CNC(=O)/C=C/C(=O)OC(N)C(C)(C)C(N)=O)C(N)=O. The summed E-state index contributed by atoms with van der Waals surface area (Å²) in [6.45, 7) is 6.00. The molecule has 0 bridgehead atoms. The van der Waals surface area contributed by atoms with Crippen molar-refractivity contribution in [3.8, 4) is 0 Å². The van der Waals surface area contributed by atoms with E-state index in [1.54, 1.807) is 13.8 Å². The number of primary amides is 2. The number of esters is 1. The van der Waals surface area contributed by atoms with Crippen LogP contribution in [0, 0.1) is 10.8 Å². The van der Waals surface area contributed by atoms with Crippen molar-refractivity contribution < 1.29 is 23.9 Å². The highest BCUT2D eigenvalue weighted by molar-refractivity contribution is 5.95. The molecule has 1 unspecified atom stereocenters. The largest absolute Gasteiger partial charge is 0.442 e. The number of hydrogen-bond donors (Lipinski definition) is 4. The molecule has 23 heavy (non-hydrogen) atoms. The van der Waals surface area contributed by atoms with Gasteiger partial charge in [-0.05, 0) is 27.7 Å². The van der Waals surface area contributed by atoms with Crippen LogP contribution in [0.2, 0.25) is 0 Å². The molecular formula is C14H24N4O5. The average molecular weight is 328 g/mol. The fourth-order valence-electron chi connectivity index (χ4n) is 1.05. The van der Waals surface area contributed by atoms with E-state index in [0.29, 0.717) is 0 Å². The van der Waals surface area contributed by atoms with Gasteiger partial charge in [0.05, 0.1) is 10.8 Å². The van der Waals surface area contributed by atoms with E-state index in [-0.39, 0.29) is 6.54 Å². The van der Waals surface area contributed by atoms with Gasteiger partial charge in [0.15, 0.2) is 6.23 Å². The quantitative estimate of drug-likeness (QED) is 0.240. The summed E-state index contributed by atoms with van der Waals surface area (Å²) >= 11 is 0. The fraction of sp³-hybridized carbons (Fsp3) is 0.571. The Kier molecular flexibility index (Phi) is 6.91. The maximum absolute atomic E-state index is 11.5. The first kappa shape index (κ1) is 20.6. The molecule has 0 spiro atoms. The maximum Gasteiger partial charge on any atom is 0.332 e. The molecule has 0 aliphatic heterocycles. The molecule has 9 heteroatoms. The molecule has 0 fully saturated rings. The van der Waals surface area contributed by atoms with Gasteiger partial charge in [0.1, 0.15) is 0 Å². The third kappa shape index (κ3) is 6.47. The number of nitrogens with one attached hydrogen (secondary N) is 1. The Morgan fingerprint density at radius 1 is 1.04 bits per heavy atom. The van der Waals surface area contributed by atoms with Crippen molar-refractivity contribution in [2.24, 2.45) is 28.0 Å². The van der Waals surface area contributed by atoms with Crippen LogP contribution >= 0.6 is 0 Å². The van der Waals surface area contributed by atoms with Crippen molar-refractivity contribution >= 4 is 23.7 Å². The van der Waals surface area contributed by atoms with E-state index < -0.39 is 40.7 Å². The third-order valence-corrected chi connectivity index (χ3v) is 3.33. The molecule has 1 atom stereocenters. The van der Waals surface area contributed by atoms with E-state index in [2.05, 4.69) is 5.32 Å². The van der Waals surface area contributed by atoms with E-state index in [9.17, 15) is 19.2 Å². The molecule has 0 aliphatic carbocycles. The molecule has 3 amide bonds. The highest BCUT2D eigenvalue weighted by Gasteiger charge is 2.35. The average Bonchev–Trinajstić information content (AvgIpc) is 2.42. The predicted octanol–water partition coefficient (Wildman–Crippen LogP) is -1.49. The summed E-state index contributed by atoms with van der Waals surface area (Å²) in [5, 5.41) is 2.42. The van der Waals surface area contributed by atoms with Crippen molar-refractivity contribution in [2.45, 2.75) is 33.9 Å². The Morgan fingerprint density at radius 3 is 2.00 bits per heavy atom. The lowest BCUT2D eigenvalue weighted by Gasteiger charge is -2.26. The molecular weight excluding hydrogens is 304 g/mol. The minimum Gasteiger partial charge on any atom is -0.442 e. The van der Waals surface area contributed by atoms with Crippen LogP contribution < -0.4 is 22.5 Å². The number of nitrogens with two attached hydrogens (primary N) is 3. The zero-order valence-corrected chi connectivity index (χ0v) is 13.7. The number of carbonyl (C=O) groups is 4. The van der Waals surface area contributed by atoms with Gasteiger partial charge < -0.3 is 21.5 Å². The van der Waals surface area contributed by atoms with Crippen LogP contribution in [0.3, 0.4) is 0 Å². The van der Waals surface area contributed by atoms with E-state index in [1.165, 1.54) is 13.8 Å². The smallest absolute Gasteiger partial charge is 0.332 e. The normalized spacial score (nSPS) is 13.4. The number of ether oxygens (including phenoxy) is 1. The molecule has 0 aromatic rings. The van der Waals surface area contributed by atoms with Crippen LogP contribution in [0.25, 0.3) is 0 Å². The Labute approximate surface area is 134 Å². The minimum absolute atomic E-state index is 0.00871. The summed E-state index contributed by atoms with van der Waals surface area (Å²) < 4.78 is 4.81. The van der Waals surface area contributed by atoms with Crippen LogP contribution in [0.4, 0.5) is 0 Å². The van der Waals surface area contributed by atoms with Crippen molar-refractivity contribution in [1.82, 2.24) is 5.32 Å². The Hall–Kier alpha value is -2.42. The first-order valence-corrected chi connectivity index (χ1v) is 6.82. The second-order valence-corrected chi connectivity index (χ2v) is 6.24. The van der Waals surface area contributed by atoms with Crippen LogP contribution in [0.5, 0.6) is 0 Å². The number of amides is 3. The van der Waals surface area contributed by atoms with Gasteiger partial charge in [-0.15, -0.1) is 0 Å². The Morgan fingerprint density at radius 2 is 1.57 bits per heavy atom. The monoisotopic (exact) mass is 328 g/mol. The lowest BCUT2D eigenvalue weighted by atomic mass is 9.91. The molecule has 0 aliphatic rings. The molecule has 0 aromatic heterocycles. The van der Waals surface area contributed by atoms with Gasteiger partial charge >= 0.3 is 5.97 Å². The van der Waals surface area contributed by atoms with Gasteiger partial charge in [0.2, 0.25) is 17.7 Å². The molecule has 7 N–H and O–H groups in total. The lowest BCUT2D eigenvalue weighted by molar-refractivity contribution is -0.152. The van der Waals surface area contributed by atoms with Crippen molar-refractivity contribution in [3.63, 3.8) is 0 Å². The molecule has 0 heterocycles. The van der Waals surface area contributed by atoms with Crippen LogP contribution in [0.15, 0.2) is 12.2 Å². The topological polar surface area (TPSA) is 168 Å². The summed E-state index contributed by atoms with van der Waals surface area (Å²) in [4.78, 5) is 45.4. The summed E-state index contributed by atoms with van der Waals surface area (Å²) in [6.07, 6.45) is 0.515. The molecule has 9 nitrogen and oxygen atoms in total. The summed E-state index contributed by atoms with van der Waals surface area (Å²) in [5.74, 6) is -2.82. The van der Waals surface area contributed by atoms with Crippen molar-refractivity contribution in [2.75, 3.05) is 6.54 Å². The molecule has 0 saturated carbocycles. The predicted molar refractivity (Wildman–Crippen MR) is 82.2 cm³/mol. The van der Waals surface area contributed by atoms with Crippen molar-refractivity contribution in [3.05, 3.63) is 12.2 Å². The summed E-state index contributed by atoms with van der Waals surface area (Å²) in [5.41, 5.74) is 13.7. The molecule has 0 rings (SSSR count). The van der Waals surface area contributed by atoms with Gasteiger partial charge in [0, 0.05) is 18.7 Å². The Balaban J connectivity index is 4.51. The van der Waals surface area contributed by atoms with E-state index in [4.69, 9.17) is 21.9 Å². The summed E-state index contributed by atoms with van der Waals surface area (Å²) in [7, 11) is 0. The lowest BCUT2D eigenvalue weighted by Crippen LogP contribution is -2.49. The molecule has 0 radical (unpaired) electrons. The standard InChI is InChI=1S/C14H24N4O5/c1-13(2,10(15)21)7-18-8(19)5-6-9(20)23-12(17)14(3,4)11(16)22/h5-6,12H,7,17H2,1-4H3,(H2,15,21)(H2,16,22)(H,18,19)/b6-5+. The second-order valence-electron chi connectivity index (χ2n) is 6.24. The molecule has 0 aromatic carbocycles. The number of hydrogen-bond acceptors (Lipinski definition) is 6. The van der Waals surface area contributed by atoms with Crippen LogP contribution in [-0.4, -0.2) is 36.5 Å². The van der Waals surface area contributed by atoms with Gasteiger partial charge in [0.25, 0.3) is 0 Å². The van der Waals surface area contributed by atoms with Gasteiger partial charge in [-0.3, -0.25) is 20.1 Å². The number of rotatable bonds is 8. The van der Waals surface area contributed by atoms with E-state index >= 15 is 0 Å². The number of carbonyl (C=O) groups excluding carboxylic acids is 4. The fourth-order valence-corrected chi connectivity index (χ4v) is 1.05. The maximum atomic E-state index is 11.5.